The van der Waals surface area contributed by atoms with Crippen molar-refractivity contribution in [1.29, 1.82) is 0 Å². The Hall–Kier alpha value is -1.09. The second-order valence-corrected chi connectivity index (χ2v) is 4.04. The zero-order valence-electron chi connectivity index (χ0n) is 8.36. The predicted octanol–water partition coefficient (Wildman–Crippen LogP) is 1.41. The Labute approximate surface area is 83.7 Å². The molecule has 0 bridgehead atoms. The number of aliphatic hydroxyl groups excluding tert-OH is 1. The Morgan fingerprint density at radius 3 is 2.71 bits per heavy atom. The van der Waals surface area contributed by atoms with E-state index in [1.54, 1.807) is 7.11 Å². The summed E-state index contributed by atoms with van der Waals surface area (Å²) in [6.45, 7) is 0.291. The van der Waals surface area contributed by atoms with Gasteiger partial charge in [-0.1, -0.05) is 6.07 Å². The van der Waals surface area contributed by atoms with Crippen LogP contribution in [-0.4, -0.2) is 23.8 Å². The minimum Gasteiger partial charge on any atom is -0.481 e. The molecule has 1 fully saturated rings. The summed E-state index contributed by atoms with van der Waals surface area (Å²) in [5.74, 6) is 0.641. The van der Waals surface area contributed by atoms with Crippen molar-refractivity contribution in [3.05, 3.63) is 23.9 Å². The van der Waals surface area contributed by atoms with Crippen molar-refractivity contribution < 1.29 is 9.84 Å². The lowest BCUT2D eigenvalue weighted by Gasteiger charge is -2.10. The molecule has 14 heavy (non-hydrogen) atoms. The van der Waals surface area contributed by atoms with Crippen LogP contribution < -0.4 is 4.74 Å². The van der Waals surface area contributed by atoms with Gasteiger partial charge in [-0.05, 0) is 30.2 Å². The van der Waals surface area contributed by atoms with Crippen molar-refractivity contribution in [3.63, 3.8) is 0 Å². The molecule has 1 aromatic heterocycles. The predicted molar refractivity (Wildman–Crippen MR) is 53.2 cm³/mol. The van der Waals surface area contributed by atoms with Gasteiger partial charge in [0.25, 0.3) is 0 Å². The molecule has 0 saturated heterocycles. The lowest BCUT2D eigenvalue weighted by atomic mass is 9.99. The van der Waals surface area contributed by atoms with Gasteiger partial charge in [0, 0.05) is 18.9 Å². The van der Waals surface area contributed by atoms with Crippen molar-refractivity contribution in [3.8, 4) is 5.88 Å². The fraction of sp³-hybridized carbons (Fsp3) is 0.545. The molecule has 3 heteroatoms. The first-order valence-electron chi connectivity index (χ1n) is 4.88. The average molecular weight is 193 g/mol. The molecule has 1 aromatic rings. The van der Waals surface area contributed by atoms with Gasteiger partial charge in [0.1, 0.15) is 0 Å². The van der Waals surface area contributed by atoms with Gasteiger partial charge in [-0.3, -0.25) is 0 Å². The Balaban J connectivity index is 2.03. The highest BCUT2D eigenvalue weighted by molar-refractivity contribution is 5.20. The first-order valence-corrected chi connectivity index (χ1v) is 4.88. The van der Waals surface area contributed by atoms with Gasteiger partial charge < -0.3 is 9.84 Å². The standard InChI is InChI=1S/C11H15NO2/c1-14-10-3-2-9(7-12-10)6-11(8-13)4-5-11/h2-3,7,13H,4-6,8H2,1H3. The van der Waals surface area contributed by atoms with Crippen LogP contribution in [0, 0.1) is 5.41 Å². The second-order valence-electron chi connectivity index (χ2n) is 4.04. The van der Waals surface area contributed by atoms with E-state index in [9.17, 15) is 5.11 Å². The van der Waals surface area contributed by atoms with Crippen LogP contribution in [0.4, 0.5) is 0 Å². The molecular weight excluding hydrogens is 178 g/mol. The fourth-order valence-electron chi connectivity index (χ4n) is 1.64. The number of hydrogen-bond acceptors (Lipinski definition) is 3. The molecule has 1 N–H and O–H groups in total. The van der Waals surface area contributed by atoms with Crippen LogP contribution in [0.3, 0.4) is 0 Å². The molecule has 0 radical (unpaired) electrons. The van der Waals surface area contributed by atoms with E-state index in [1.165, 1.54) is 5.56 Å². The van der Waals surface area contributed by atoms with Crippen molar-refractivity contribution in [2.24, 2.45) is 5.41 Å². The third-order valence-electron chi connectivity index (χ3n) is 2.88. The van der Waals surface area contributed by atoms with Gasteiger partial charge in [-0.2, -0.15) is 0 Å². The van der Waals surface area contributed by atoms with Gasteiger partial charge in [0.15, 0.2) is 0 Å². The summed E-state index contributed by atoms with van der Waals surface area (Å²) in [6, 6.07) is 3.88. The van der Waals surface area contributed by atoms with Crippen molar-refractivity contribution in [2.75, 3.05) is 13.7 Å². The summed E-state index contributed by atoms with van der Waals surface area (Å²) in [7, 11) is 1.61. The monoisotopic (exact) mass is 193 g/mol. The Kier molecular flexibility index (Phi) is 2.42. The number of nitrogens with zero attached hydrogens (tertiary/aromatic N) is 1. The normalized spacial score (nSPS) is 17.9. The topological polar surface area (TPSA) is 42.4 Å². The zero-order chi connectivity index (χ0) is 10.0. The van der Waals surface area contributed by atoms with E-state index in [-0.39, 0.29) is 5.41 Å². The SMILES string of the molecule is COc1ccc(CC2(CO)CC2)cn1. The summed E-state index contributed by atoms with van der Waals surface area (Å²) in [6.07, 6.45) is 5.03. The van der Waals surface area contributed by atoms with Crippen LogP contribution in [0.1, 0.15) is 18.4 Å². The van der Waals surface area contributed by atoms with Crippen LogP contribution in [-0.2, 0) is 6.42 Å². The van der Waals surface area contributed by atoms with Gasteiger partial charge in [-0.15, -0.1) is 0 Å². The maximum atomic E-state index is 9.17. The summed E-state index contributed by atoms with van der Waals surface area (Å²) < 4.78 is 4.98. The maximum absolute atomic E-state index is 9.17. The number of hydrogen-bond donors (Lipinski definition) is 1. The highest BCUT2D eigenvalue weighted by Crippen LogP contribution is 2.47. The summed E-state index contributed by atoms with van der Waals surface area (Å²) in [4.78, 5) is 4.14. The Morgan fingerprint density at radius 1 is 1.50 bits per heavy atom. The van der Waals surface area contributed by atoms with E-state index in [4.69, 9.17) is 4.74 Å². The molecule has 76 valence electrons. The Bertz CT molecular complexity index is 304. The molecule has 0 aliphatic heterocycles. The van der Waals surface area contributed by atoms with Crippen LogP contribution in [0.15, 0.2) is 18.3 Å². The molecule has 2 rings (SSSR count). The number of aliphatic hydroxyl groups is 1. The minimum absolute atomic E-state index is 0.163. The molecule has 0 amide bonds. The van der Waals surface area contributed by atoms with Crippen LogP contribution in [0.25, 0.3) is 0 Å². The van der Waals surface area contributed by atoms with Gasteiger partial charge in [0.05, 0.1) is 7.11 Å². The van der Waals surface area contributed by atoms with Crippen molar-refractivity contribution >= 4 is 0 Å². The fourth-order valence-corrected chi connectivity index (χ4v) is 1.64. The van der Waals surface area contributed by atoms with Gasteiger partial charge >= 0.3 is 0 Å². The van der Waals surface area contributed by atoms with Crippen molar-refractivity contribution in [1.82, 2.24) is 4.98 Å². The third kappa shape index (κ3) is 1.87. The number of rotatable bonds is 4. The number of methoxy groups -OCH3 is 1. The molecule has 3 nitrogen and oxygen atoms in total. The second kappa shape index (κ2) is 3.58. The van der Waals surface area contributed by atoms with Crippen LogP contribution in [0.5, 0.6) is 5.88 Å². The maximum Gasteiger partial charge on any atom is 0.212 e. The van der Waals surface area contributed by atoms with E-state index in [1.807, 2.05) is 18.3 Å². The lowest BCUT2D eigenvalue weighted by molar-refractivity contribution is 0.211. The van der Waals surface area contributed by atoms with Gasteiger partial charge in [0.2, 0.25) is 5.88 Å². The smallest absolute Gasteiger partial charge is 0.212 e. The molecular formula is C11H15NO2. The van der Waals surface area contributed by atoms with Crippen LogP contribution in [0.2, 0.25) is 0 Å². The summed E-state index contributed by atoms with van der Waals surface area (Å²) in [5, 5.41) is 9.17. The lowest BCUT2D eigenvalue weighted by Crippen LogP contribution is -2.10. The first-order chi connectivity index (χ1) is 6.78. The molecule has 0 aromatic carbocycles. The molecule has 1 aliphatic carbocycles. The minimum atomic E-state index is 0.163. The number of pyridine rings is 1. The van der Waals surface area contributed by atoms with Gasteiger partial charge in [-0.25, -0.2) is 4.98 Å². The number of ether oxygens (including phenoxy) is 1. The van der Waals surface area contributed by atoms with E-state index in [0.717, 1.165) is 19.3 Å². The molecule has 0 unspecified atom stereocenters. The van der Waals surface area contributed by atoms with E-state index < -0.39 is 0 Å². The highest BCUT2D eigenvalue weighted by atomic mass is 16.5. The van der Waals surface area contributed by atoms with E-state index >= 15 is 0 Å². The summed E-state index contributed by atoms with van der Waals surface area (Å²) in [5.41, 5.74) is 1.34. The number of aromatic nitrogens is 1. The molecule has 1 aliphatic rings. The largest absolute Gasteiger partial charge is 0.481 e. The molecule has 1 saturated carbocycles. The third-order valence-corrected chi connectivity index (χ3v) is 2.88. The quantitative estimate of drug-likeness (QED) is 0.786. The van der Waals surface area contributed by atoms with E-state index in [2.05, 4.69) is 4.98 Å². The summed E-state index contributed by atoms with van der Waals surface area (Å²) >= 11 is 0. The van der Waals surface area contributed by atoms with E-state index in [0.29, 0.717) is 12.5 Å². The van der Waals surface area contributed by atoms with Crippen molar-refractivity contribution in [2.45, 2.75) is 19.3 Å². The first kappa shape index (κ1) is 9.46. The Morgan fingerprint density at radius 2 is 2.29 bits per heavy atom. The average Bonchev–Trinajstić information content (AvgIpc) is 3.00. The molecule has 0 atom stereocenters. The highest BCUT2D eigenvalue weighted by Gasteiger charge is 2.41. The molecule has 0 spiro atoms. The molecule has 1 heterocycles. The van der Waals surface area contributed by atoms with Crippen LogP contribution >= 0.6 is 0 Å². The zero-order valence-corrected chi connectivity index (χ0v) is 8.36.